The topological polar surface area (TPSA) is 52.3 Å². The number of halogens is 2. The van der Waals surface area contributed by atoms with Crippen molar-refractivity contribution in [2.24, 2.45) is 0 Å². The predicted octanol–water partition coefficient (Wildman–Crippen LogP) is 2.73. The monoisotopic (exact) mass is 407 g/mol. The van der Waals surface area contributed by atoms with E-state index in [0.29, 0.717) is 17.3 Å². The first kappa shape index (κ1) is 17.1. The van der Waals surface area contributed by atoms with Crippen LogP contribution in [-0.2, 0) is 9.53 Å². The van der Waals surface area contributed by atoms with Gasteiger partial charge in [0, 0.05) is 4.47 Å². The maximum absolute atomic E-state index is 12.5. The Kier molecular flexibility index (Phi) is 5.33. The number of anilines is 1. The van der Waals surface area contributed by atoms with Crippen molar-refractivity contribution in [1.29, 1.82) is 0 Å². The van der Waals surface area contributed by atoms with Gasteiger partial charge in [-0.1, -0.05) is 46.6 Å². The molecule has 3 rings (SSSR count). The molecule has 4 nitrogen and oxygen atoms in total. The number of ether oxygens (including phenoxy) is 1. The predicted molar refractivity (Wildman–Crippen MR) is 98.4 cm³/mol. The summed E-state index contributed by atoms with van der Waals surface area (Å²) < 4.78 is 6.59. The molecule has 0 saturated carbocycles. The Hall–Kier alpha value is -1.69. The molecule has 2 aromatic carbocycles. The van der Waals surface area contributed by atoms with Crippen molar-refractivity contribution in [2.75, 3.05) is 11.9 Å². The first-order chi connectivity index (χ1) is 11.6. The smallest absolute Gasteiger partial charge is 0.317 e. The number of carbonyl (C=O) groups is 1. The molecular formula is C18H17BrClN2O2+. The average molecular weight is 409 g/mol. The number of rotatable bonds is 4. The first-order valence-corrected chi connectivity index (χ1v) is 8.88. The summed E-state index contributed by atoms with van der Waals surface area (Å²) in [7, 11) is 0. The third-order valence-corrected chi connectivity index (χ3v) is 4.48. The SMILES string of the molecule is CCCOC1[NH+]=C(c2ccccc2Cl)c2cc(Br)ccc2NC1=O. The van der Waals surface area contributed by atoms with Crippen LogP contribution in [0, 0.1) is 0 Å². The van der Waals surface area contributed by atoms with E-state index in [2.05, 4.69) is 26.2 Å². The number of benzene rings is 2. The molecule has 0 radical (unpaired) electrons. The number of nitrogens with one attached hydrogen (secondary N) is 2. The second kappa shape index (κ2) is 7.47. The van der Waals surface area contributed by atoms with E-state index in [4.69, 9.17) is 16.3 Å². The quantitative estimate of drug-likeness (QED) is 0.817. The van der Waals surface area contributed by atoms with E-state index in [9.17, 15) is 4.79 Å². The first-order valence-electron chi connectivity index (χ1n) is 7.71. The largest absolute Gasteiger partial charge is 0.337 e. The third kappa shape index (κ3) is 3.53. The van der Waals surface area contributed by atoms with Crippen LogP contribution in [0.1, 0.15) is 24.5 Å². The van der Waals surface area contributed by atoms with Crippen LogP contribution < -0.4 is 10.3 Å². The minimum atomic E-state index is -0.776. The van der Waals surface area contributed by atoms with Crippen molar-refractivity contribution in [3.8, 4) is 0 Å². The highest BCUT2D eigenvalue weighted by Gasteiger charge is 2.32. The lowest BCUT2D eigenvalue weighted by Gasteiger charge is -2.07. The van der Waals surface area contributed by atoms with Crippen LogP contribution in [0.4, 0.5) is 5.69 Å². The zero-order valence-corrected chi connectivity index (χ0v) is 15.4. The van der Waals surface area contributed by atoms with E-state index in [0.717, 1.165) is 27.7 Å². The fourth-order valence-corrected chi connectivity index (χ4v) is 3.14. The molecular weight excluding hydrogens is 392 g/mol. The molecule has 0 aliphatic carbocycles. The highest BCUT2D eigenvalue weighted by Crippen LogP contribution is 2.26. The highest BCUT2D eigenvalue weighted by molar-refractivity contribution is 9.10. The molecule has 0 fully saturated rings. The van der Waals surface area contributed by atoms with Crippen molar-refractivity contribution in [3.63, 3.8) is 0 Å². The number of carbonyl (C=O) groups excluding carboxylic acids is 1. The normalized spacial score (nSPS) is 16.9. The Morgan fingerprint density at radius 1 is 1.25 bits per heavy atom. The molecule has 1 atom stereocenters. The molecule has 2 N–H and O–H groups in total. The summed E-state index contributed by atoms with van der Waals surface area (Å²) >= 11 is 9.88. The molecule has 6 heteroatoms. The van der Waals surface area contributed by atoms with E-state index in [-0.39, 0.29) is 5.91 Å². The molecule has 1 aliphatic rings. The van der Waals surface area contributed by atoms with Crippen LogP contribution in [0.2, 0.25) is 5.02 Å². The van der Waals surface area contributed by atoms with Crippen molar-refractivity contribution < 1.29 is 14.5 Å². The number of benzodiazepines with no additional fused rings is 1. The summed E-state index contributed by atoms with van der Waals surface area (Å²) in [6, 6.07) is 13.2. The Labute approximate surface area is 154 Å². The van der Waals surface area contributed by atoms with E-state index < -0.39 is 6.23 Å². The molecule has 1 amide bonds. The van der Waals surface area contributed by atoms with Gasteiger partial charge in [0.05, 0.1) is 28.4 Å². The maximum atomic E-state index is 12.5. The molecule has 0 saturated heterocycles. The Morgan fingerprint density at radius 2 is 2.04 bits per heavy atom. The van der Waals surface area contributed by atoms with Crippen LogP contribution in [-0.4, -0.2) is 24.5 Å². The number of fused-ring (bicyclic) bond motifs is 1. The van der Waals surface area contributed by atoms with Gasteiger partial charge in [-0.05, 0) is 36.8 Å². The zero-order chi connectivity index (χ0) is 17.1. The second-order valence-electron chi connectivity index (χ2n) is 5.43. The second-order valence-corrected chi connectivity index (χ2v) is 6.75. The summed E-state index contributed by atoms with van der Waals surface area (Å²) in [4.78, 5) is 15.7. The lowest BCUT2D eigenvalue weighted by atomic mass is 10.0. The van der Waals surface area contributed by atoms with Gasteiger partial charge in [0.15, 0.2) is 0 Å². The van der Waals surface area contributed by atoms with Gasteiger partial charge in [-0.25, -0.2) is 4.99 Å². The average Bonchev–Trinajstić information content (AvgIpc) is 2.70. The van der Waals surface area contributed by atoms with Gasteiger partial charge >= 0.3 is 12.1 Å². The molecule has 124 valence electrons. The Morgan fingerprint density at radius 3 is 2.79 bits per heavy atom. The van der Waals surface area contributed by atoms with Gasteiger partial charge in [-0.15, -0.1) is 0 Å². The van der Waals surface area contributed by atoms with Gasteiger partial charge in [0.2, 0.25) is 5.71 Å². The number of hydrogen-bond donors (Lipinski definition) is 2. The molecule has 1 unspecified atom stereocenters. The maximum Gasteiger partial charge on any atom is 0.337 e. The Bertz CT molecular complexity index is 807. The van der Waals surface area contributed by atoms with Crippen LogP contribution in [0.25, 0.3) is 0 Å². The molecule has 1 aliphatic heterocycles. The summed E-state index contributed by atoms with van der Waals surface area (Å²) in [6.07, 6.45) is 0.0492. The standard InChI is InChI=1S/C18H16BrClN2O2/c1-2-9-24-18-17(23)21-15-8-7-11(19)10-13(15)16(22-18)12-5-3-4-6-14(12)20/h3-8,10,18H,2,9H2,1H3,(H,21,23)/p+1. The van der Waals surface area contributed by atoms with Gasteiger partial charge in [-0.2, -0.15) is 0 Å². The lowest BCUT2D eigenvalue weighted by molar-refractivity contribution is -0.541. The van der Waals surface area contributed by atoms with E-state index in [1.165, 1.54) is 0 Å². The van der Waals surface area contributed by atoms with Crippen molar-refractivity contribution >= 4 is 44.8 Å². The molecule has 0 bridgehead atoms. The summed E-state index contributed by atoms with van der Waals surface area (Å²) in [5, 5.41) is 3.52. The van der Waals surface area contributed by atoms with Gasteiger partial charge in [-0.3, -0.25) is 4.79 Å². The van der Waals surface area contributed by atoms with Crippen molar-refractivity contribution in [2.45, 2.75) is 19.6 Å². The van der Waals surface area contributed by atoms with Crippen LogP contribution in [0.3, 0.4) is 0 Å². The van der Waals surface area contributed by atoms with Crippen LogP contribution in [0.15, 0.2) is 46.9 Å². The third-order valence-electron chi connectivity index (χ3n) is 3.65. The summed E-state index contributed by atoms with van der Waals surface area (Å²) in [6.45, 7) is 2.49. The zero-order valence-electron chi connectivity index (χ0n) is 13.1. The van der Waals surface area contributed by atoms with E-state index in [1.54, 1.807) is 0 Å². The van der Waals surface area contributed by atoms with Crippen LogP contribution >= 0.6 is 27.5 Å². The van der Waals surface area contributed by atoms with Gasteiger partial charge < -0.3 is 10.1 Å². The minimum Gasteiger partial charge on any atom is -0.317 e. The van der Waals surface area contributed by atoms with Crippen molar-refractivity contribution in [3.05, 3.63) is 63.1 Å². The fourth-order valence-electron chi connectivity index (χ4n) is 2.54. The molecule has 2 aromatic rings. The molecule has 0 aromatic heterocycles. The minimum absolute atomic E-state index is 0.228. The lowest BCUT2D eigenvalue weighted by Crippen LogP contribution is -2.83. The highest BCUT2D eigenvalue weighted by atomic mass is 79.9. The summed E-state index contributed by atoms with van der Waals surface area (Å²) in [5.74, 6) is -0.228. The fraction of sp³-hybridized carbons (Fsp3) is 0.222. The molecule has 24 heavy (non-hydrogen) atoms. The Balaban J connectivity index is 2.17. The number of hydrogen-bond acceptors (Lipinski definition) is 2. The van der Waals surface area contributed by atoms with Crippen molar-refractivity contribution in [1.82, 2.24) is 0 Å². The van der Waals surface area contributed by atoms with E-state index >= 15 is 0 Å². The van der Waals surface area contributed by atoms with Gasteiger partial charge in [0.1, 0.15) is 0 Å². The summed E-state index contributed by atoms with van der Waals surface area (Å²) in [5.41, 5.74) is 3.15. The number of amides is 1. The molecule has 0 spiro atoms. The van der Waals surface area contributed by atoms with Crippen LogP contribution in [0.5, 0.6) is 0 Å². The van der Waals surface area contributed by atoms with E-state index in [1.807, 2.05) is 49.4 Å². The van der Waals surface area contributed by atoms with Gasteiger partial charge in [0.25, 0.3) is 0 Å². The molecule has 1 heterocycles.